The van der Waals surface area contributed by atoms with Crippen LogP contribution in [0, 0.1) is 5.82 Å². The molecule has 0 aliphatic carbocycles. The first-order valence-corrected chi connectivity index (χ1v) is 8.34. The third-order valence-electron chi connectivity index (χ3n) is 3.73. The third kappa shape index (κ3) is 4.61. The van der Waals surface area contributed by atoms with E-state index in [0.717, 1.165) is 10.5 Å². The van der Waals surface area contributed by atoms with Gasteiger partial charge >= 0.3 is 0 Å². The summed E-state index contributed by atoms with van der Waals surface area (Å²) in [6.07, 6.45) is 0. The van der Waals surface area contributed by atoms with Crippen LogP contribution in [0.5, 0.6) is 11.5 Å². The number of anilines is 1. The number of carbonyl (C=O) groups excluding carboxylic acids is 1. The van der Waals surface area contributed by atoms with Gasteiger partial charge in [0, 0.05) is 11.3 Å². The fourth-order valence-corrected chi connectivity index (χ4v) is 3.01. The zero-order valence-electron chi connectivity index (χ0n) is 13.8. The predicted octanol–water partition coefficient (Wildman–Crippen LogP) is 1.90. The smallest absolute Gasteiger partial charge is 0.279 e. The van der Waals surface area contributed by atoms with E-state index in [4.69, 9.17) is 21.1 Å². The third-order valence-corrected chi connectivity index (χ3v) is 4.01. The van der Waals surface area contributed by atoms with Gasteiger partial charge in [0.05, 0.1) is 12.1 Å². The average molecular weight is 366 g/mol. The van der Waals surface area contributed by atoms with Gasteiger partial charge in [0.2, 0.25) is 0 Å². The van der Waals surface area contributed by atoms with Gasteiger partial charge in [0.15, 0.2) is 18.0 Å². The van der Waals surface area contributed by atoms with Crippen molar-refractivity contribution in [2.45, 2.75) is 6.54 Å². The van der Waals surface area contributed by atoms with Gasteiger partial charge in [0.1, 0.15) is 25.6 Å². The maximum Gasteiger partial charge on any atom is 0.279 e. The summed E-state index contributed by atoms with van der Waals surface area (Å²) < 4.78 is 24.2. The Hall–Kier alpha value is -2.31. The van der Waals surface area contributed by atoms with Gasteiger partial charge in [-0.15, -0.1) is 0 Å². The molecule has 132 valence electrons. The second-order valence-electron chi connectivity index (χ2n) is 5.97. The average Bonchev–Trinajstić information content (AvgIpc) is 2.54. The molecule has 5 nitrogen and oxygen atoms in total. The minimum absolute atomic E-state index is 0.188. The van der Waals surface area contributed by atoms with E-state index in [0.29, 0.717) is 42.0 Å². The van der Waals surface area contributed by atoms with E-state index >= 15 is 0 Å². The highest BCUT2D eigenvalue weighted by Crippen LogP contribution is 2.38. The molecule has 1 aliphatic heterocycles. The normalized spacial score (nSPS) is 14.0. The molecule has 1 amide bonds. The highest BCUT2D eigenvalue weighted by Gasteiger charge is 2.19. The van der Waals surface area contributed by atoms with Crippen LogP contribution < -0.4 is 19.7 Å². The molecule has 1 heterocycles. The number of likely N-dealkylation sites (N-methyl/N-ethyl adjacent to an activating group) is 1. The Balaban J connectivity index is 1.59. The fraction of sp³-hybridized carbons (Fsp3) is 0.278. The van der Waals surface area contributed by atoms with Crippen molar-refractivity contribution in [1.29, 1.82) is 0 Å². The summed E-state index contributed by atoms with van der Waals surface area (Å²) in [7, 11) is 1.90. The summed E-state index contributed by atoms with van der Waals surface area (Å²) in [6, 6.07) is 9.53. The number of carbonyl (C=O) groups is 1. The monoisotopic (exact) mass is 365 g/mol. The Labute approximate surface area is 150 Å². The first kappa shape index (κ1) is 17.5. The second kappa shape index (κ2) is 7.72. The minimum atomic E-state index is -0.385. The van der Waals surface area contributed by atoms with Gasteiger partial charge in [-0.2, -0.15) is 0 Å². The molecule has 7 heteroatoms. The molecular weight excluding hydrogens is 347 g/mol. The maximum atomic E-state index is 13.2. The molecule has 3 rings (SSSR count). The lowest BCUT2D eigenvalue weighted by molar-refractivity contribution is -0.885. The topological polar surface area (TPSA) is 52.0 Å². The van der Waals surface area contributed by atoms with Crippen molar-refractivity contribution < 1.29 is 23.6 Å². The SMILES string of the molecule is C[NH+](CC(=O)Nc1cccc(F)c1)Cc1cc(Cl)c2c(c1)OCCO2. The van der Waals surface area contributed by atoms with Crippen molar-refractivity contribution in [3.63, 3.8) is 0 Å². The van der Waals surface area contributed by atoms with Crippen LogP contribution in [0.2, 0.25) is 5.02 Å². The van der Waals surface area contributed by atoms with Gasteiger partial charge in [-0.25, -0.2) is 4.39 Å². The van der Waals surface area contributed by atoms with Crippen molar-refractivity contribution in [2.75, 3.05) is 32.1 Å². The molecule has 0 saturated heterocycles. The Morgan fingerprint density at radius 3 is 2.88 bits per heavy atom. The number of halogens is 2. The number of fused-ring (bicyclic) bond motifs is 1. The van der Waals surface area contributed by atoms with Crippen LogP contribution in [0.15, 0.2) is 36.4 Å². The van der Waals surface area contributed by atoms with Crippen molar-refractivity contribution in [2.24, 2.45) is 0 Å². The van der Waals surface area contributed by atoms with E-state index in [1.54, 1.807) is 12.1 Å². The zero-order valence-corrected chi connectivity index (χ0v) is 14.5. The lowest BCUT2D eigenvalue weighted by atomic mass is 10.2. The van der Waals surface area contributed by atoms with E-state index in [1.807, 2.05) is 19.2 Å². The molecule has 0 bridgehead atoms. The van der Waals surface area contributed by atoms with Gasteiger partial charge in [-0.1, -0.05) is 17.7 Å². The molecule has 0 aromatic heterocycles. The van der Waals surface area contributed by atoms with Gasteiger partial charge in [-0.05, 0) is 30.3 Å². The van der Waals surface area contributed by atoms with Crippen LogP contribution in [-0.4, -0.2) is 32.7 Å². The number of quaternary nitrogens is 1. The Kier molecular flexibility index (Phi) is 5.40. The van der Waals surface area contributed by atoms with Crippen LogP contribution in [0.3, 0.4) is 0 Å². The van der Waals surface area contributed by atoms with Crippen molar-refractivity contribution in [1.82, 2.24) is 0 Å². The number of hydrogen-bond donors (Lipinski definition) is 2. The highest BCUT2D eigenvalue weighted by molar-refractivity contribution is 6.32. The lowest BCUT2D eigenvalue weighted by Crippen LogP contribution is -3.08. The second-order valence-corrected chi connectivity index (χ2v) is 6.38. The van der Waals surface area contributed by atoms with E-state index < -0.39 is 0 Å². The van der Waals surface area contributed by atoms with Crippen LogP contribution in [0.4, 0.5) is 10.1 Å². The molecule has 2 aromatic rings. The first-order chi connectivity index (χ1) is 12.0. The van der Waals surface area contributed by atoms with Gasteiger partial charge < -0.3 is 19.7 Å². The van der Waals surface area contributed by atoms with Crippen LogP contribution in [-0.2, 0) is 11.3 Å². The zero-order chi connectivity index (χ0) is 17.8. The van der Waals surface area contributed by atoms with E-state index in [2.05, 4.69) is 5.32 Å². The summed E-state index contributed by atoms with van der Waals surface area (Å²) in [5.41, 5.74) is 1.39. The summed E-state index contributed by atoms with van der Waals surface area (Å²) in [4.78, 5) is 13.1. The van der Waals surface area contributed by atoms with E-state index in [-0.39, 0.29) is 18.3 Å². The predicted molar refractivity (Wildman–Crippen MR) is 92.9 cm³/mol. The van der Waals surface area contributed by atoms with Crippen molar-refractivity contribution in [3.8, 4) is 11.5 Å². The van der Waals surface area contributed by atoms with E-state index in [9.17, 15) is 9.18 Å². The maximum absolute atomic E-state index is 13.2. The quantitative estimate of drug-likeness (QED) is 0.851. The number of hydrogen-bond acceptors (Lipinski definition) is 3. The number of nitrogens with one attached hydrogen (secondary N) is 2. The van der Waals surface area contributed by atoms with E-state index in [1.165, 1.54) is 12.1 Å². The standard InChI is InChI=1S/C18H18ClFN2O3/c1-22(11-17(23)21-14-4-2-3-13(20)9-14)10-12-7-15(19)18-16(8-12)24-5-6-25-18/h2-4,7-9H,5-6,10-11H2,1H3,(H,21,23)/p+1. The molecule has 2 aromatic carbocycles. The molecule has 0 spiro atoms. The Morgan fingerprint density at radius 2 is 2.08 bits per heavy atom. The molecule has 0 fully saturated rings. The fourth-order valence-electron chi connectivity index (χ4n) is 2.72. The Morgan fingerprint density at radius 1 is 1.28 bits per heavy atom. The summed E-state index contributed by atoms with van der Waals surface area (Å²) in [5, 5.41) is 3.19. The molecule has 1 atom stereocenters. The lowest BCUT2D eigenvalue weighted by Gasteiger charge is -2.21. The number of rotatable bonds is 5. The van der Waals surface area contributed by atoms with Gasteiger partial charge in [-0.3, -0.25) is 4.79 Å². The largest absolute Gasteiger partial charge is 0.486 e. The molecule has 25 heavy (non-hydrogen) atoms. The minimum Gasteiger partial charge on any atom is -0.486 e. The van der Waals surface area contributed by atoms with Gasteiger partial charge in [0.25, 0.3) is 5.91 Å². The summed E-state index contributed by atoms with van der Waals surface area (Å²) in [5.74, 6) is 0.625. The van der Waals surface area contributed by atoms with Crippen molar-refractivity contribution >= 4 is 23.2 Å². The molecule has 0 radical (unpaired) electrons. The number of amides is 1. The molecule has 1 aliphatic rings. The van der Waals surface area contributed by atoms with Crippen LogP contribution >= 0.6 is 11.6 Å². The first-order valence-electron chi connectivity index (χ1n) is 7.96. The van der Waals surface area contributed by atoms with Crippen LogP contribution in [0.1, 0.15) is 5.56 Å². The molecule has 1 unspecified atom stereocenters. The number of ether oxygens (including phenoxy) is 2. The Bertz CT molecular complexity index is 785. The number of benzene rings is 2. The molecular formula is C18H19ClFN2O3+. The summed E-state index contributed by atoms with van der Waals surface area (Å²) >= 11 is 6.23. The molecule has 2 N–H and O–H groups in total. The van der Waals surface area contributed by atoms with Crippen LogP contribution in [0.25, 0.3) is 0 Å². The highest BCUT2D eigenvalue weighted by atomic mass is 35.5. The van der Waals surface area contributed by atoms with Crippen molar-refractivity contribution in [3.05, 3.63) is 52.8 Å². The summed E-state index contributed by atoms with van der Waals surface area (Å²) in [6.45, 7) is 1.80. The molecule has 0 saturated carbocycles.